The second-order valence-electron chi connectivity index (χ2n) is 7.55. The maximum Gasteiger partial charge on any atom is 0.0161 e. The Morgan fingerprint density at radius 3 is 1.88 bits per heavy atom. The first-order valence-corrected chi connectivity index (χ1v) is 6.55. The zero-order valence-corrected chi connectivity index (χ0v) is 12.1. The van der Waals surface area contributed by atoms with Crippen LogP contribution in [-0.4, -0.2) is 30.1 Å². The fourth-order valence-electron chi connectivity index (χ4n) is 2.08. The van der Waals surface area contributed by atoms with Gasteiger partial charge in [-0.15, -0.1) is 0 Å². The topological polar surface area (TPSA) is 29.3 Å². The molecular formula is C14H30N2. The van der Waals surface area contributed by atoms with Crippen LogP contribution in [0.15, 0.2) is 0 Å². The van der Waals surface area contributed by atoms with Crippen molar-refractivity contribution in [2.24, 2.45) is 16.6 Å². The lowest BCUT2D eigenvalue weighted by Crippen LogP contribution is -2.54. The van der Waals surface area contributed by atoms with Crippen LogP contribution >= 0.6 is 0 Å². The van der Waals surface area contributed by atoms with Crippen molar-refractivity contribution in [3.63, 3.8) is 0 Å². The molecule has 0 aromatic carbocycles. The van der Waals surface area contributed by atoms with Crippen molar-refractivity contribution < 1.29 is 0 Å². The summed E-state index contributed by atoms with van der Waals surface area (Å²) in [5.74, 6) is 0. The van der Waals surface area contributed by atoms with E-state index in [-0.39, 0.29) is 11.0 Å². The van der Waals surface area contributed by atoms with E-state index in [1.807, 2.05) is 0 Å². The van der Waals surface area contributed by atoms with Crippen LogP contribution in [0.4, 0.5) is 0 Å². The van der Waals surface area contributed by atoms with Crippen LogP contribution in [0.25, 0.3) is 0 Å². The van der Waals surface area contributed by atoms with E-state index in [1.165, 1.54) is 25.9 Å². The first-order valence-electron chi connectivity index (χ1n) is 6.55. The fourth-order valence-corrected chi connectivity index (χ4v) is 2.08. The van der Waals surface area contributed by atoms with Gasteiger partial charge < -0.3 is 10.6 Å². The number of hydrogen-bond acceptors (Lipinski definition) is 2. The van der Waals surface area contributed by atoms with Crippen LogP contribution in [0.3, 0.4) is 0 Å². The molecule has 1 saturated heterocycles. The molecule has 0 atom stereocenters. The number of hydrogen-bond donors (Lipinski definition) is 1. The van der Waals surface area contributed by atoms with Crippen LogP contribution in [-0.2, 0) is 0 Å². The smallest absolute Gasteiger partial charge is 0.0161 e. The summed E-state index contributed by atoms with van der Waals surface area (Å²) >= 11 is 0. The van der Waals surface area contributed by atoms with Crippen molar-refractivity contribution in [1.29, 1.82) is 0 Å². The molecule has 1 aliphatic heterocycles. The summed E-state index contributed by atoms with van der Waals surface area (Å²) in [5, 5.41) is 0. The fraction of sp³-hybridized carbons (Fsp3) is 1.00. The molecular weight excluding hydrogens is 196 g/mol. The molecule has 1 fully saturated rings. The van der Waals surface area contributed by atoms with Crippen LogP contribution in [0, 0.1) is 10.8 Å². The van der Waals surface area contributed by atoms with Crippen molar-refractivity contribution in [2.75, 3.05) is 19.6 Å². The van der Waals surface area contributed by atoms with E-state index in [1.54, 1.807) is 0 Å². The second kappa shape index (κ2) is 4.30. The van der Waals surface area contributed by atoms with Crippen molar-refractivity contribution in [3.05, 3.63) is 0 Å². The van der Waals surface area contributed by atoms with Crippen molar-refractivity contribution in [3.8, 4) is 0 Å². The lowest BCUT2D eigenvalue weighted by molar-refractivity contribution is 0.0657. The third kappa shape index (κ3) is 3.46. The van der Waals surface area contributed by atoms with Gasteiger partial charge in [0.2, 0.25) is 0 Å². The molecule has 0 spiro atoms. The summed E-state index contributed by atoms with van der Waals surface area (Å²) in [4.78, 5) is 2.58. The number of likely N-dealkylation sites (tertiary alicyclic amines) is 1. The number of nitrogens with two attached hydrogens (primary N) is 1. The summed E-state index contributed by atoms with van der Waals surface area (Å²) in [5.41, 5.74) is 6.86. The first kappa shape index (κ1) is 14.0. The molecule has 1 rings (SSSR count). The van der Waals surface area contributed by atoms with E-state index < -0.39 is 0 Å². The van der Waals surface area contributed by atoms with E-state index in [4.69, 9.17) is 5.73 Å². The van der Waals surface area contributed by atoms with Crippen molar-refractivity contribution >= 4 is 0 Å². The van der Waals surface area contributed by atoms with E-state index in [2.05, 4.69) is 46.4 Å². The van der Waals surface area contributed by atoms with Crippen molar-refractivity contribution in [2.45, 2.75) is 59.9 Å². The van der Waals surface area contributed by atoms with Gasteiger partial charge in [0.25, 0.3) is 0 Å². The normalized spacial score (nSPS) is 23.4. The minimum Gasteiger partial charge on any atom is -0.325 e. The highest BCUT2D eigenvalue weighted by Crippen LogP contribution is 2.34. The van der Waals surface area contributed by atoms with Crippen molar-refractivity contribution in [1.82, 2.24) is 4.90 Å². The molecule has 0 radical (unpaired) electrons. The standard InChI is InChI=1S/C14H30N2/c1-12(2)7-9-16(10-8-12)11-13(3,4)14(5,6)15/h7-11,15H2,1-6H3. The average molecular weight is 226 g/mol. The molecule has 0 saturated carbocycles. The Morgan fingerprint density at radius 2 is 1.50 bits per heavy atom. The van der Waals surface area contributed by atoms with E-state index >= 15 is 0 Å². The van der Waals surface area contributed by atoms with Gasteiger partial charge in [-0.25, -0.2) is 0 Å². The number of piperidine rings is 1. The highest BCUT2D eigenvalue weighted by atomic mass is 15.1. The molecule has 16 heavy (non-hydrogen) atoms. The molecule has 2 N–H and O–H groups in total. The first-order chi connectivity index (χ1) is 7.04. The maximum absolute atomic E-state index is 6.26. The monoisotopic (exact) mass is 226 g/mol. The average Bonchev–Trinajstić information content (AvgIpc) is 2.06. The molecule has 2 heteroatoms. The summed E-state index contributed by atoms with van der Waals surface area (Å²) in [7, 11) is 0. The molecule has 0 bridgehead atoms. The minimum atomic E-state index is -0.111. The molecule has 0 unspecified atom stereocenters. The largest absolute Gasteiger partial charge is 0.325 e. The van der Waals surface area contributed by atoms with Gasteiger partial charge in [0.15, 0.2) is 0 Å². The number of nitrogens with zero attached hydrogens (tertiary/aromatic N) is 1. The minimum absolute atomic E-state index is 0.111. The van der Waals surface area contributed by atoms with Gasteiger partial charge in [-0.2, -0.15) is 0 Å². The van der Waals surface area contributed by atoms with Gasteiger partial charge in [-0.1, -0.05) is 27.7 Å². The lowest BCUT2D eigenvalue weighted by atomic mass is 9.74. The number of rotatable bonds is 3. The van der Waals surface area contributed by atoms with Crippen LogP contribution in [0.2, 0.25) is 0 Å². The zero-order chi connectivity index (χ0) is 12.6. The molecule has 1 heterocycles. The SMILES string of the molecule is CC1(C)CCN(CC(C)(C)C(C)(C)N)CC1. The highest BCUT2D eigenvalue weighted by molar-refractivity contribution is 4.93. The quantitative estimate of drug-likeness (QED) is 0.802. The van der Waals surface area contributed by atoms with Gasteiger partial charge in [0.05, 0.1) is 0 Å². The summed E-state index contributed by atoms with van der Waals surface area (Å²) < 4.78 is 0. The molecule has 0 amide bonds. The van der Waals surface area contributed by atoms with Crippen LogP contribution in [0.1, 0.15) is 54.4 Å². The predicted octanol–water partition coefficient (Wildman–Crippen LogP) is 2.87. The molecule has 0 aliphatic carbocycles. The lowest BCUT2D eigenvalue weighted by Gasteiger charge is -2.45. The molecule has 0 aromatic heterocycles. The maximum atomic E-state index is 6.26. The van der Waals surface area contributed by atoms with Gasteiger partial charge in [-0.05, 0) is 50.6 Å². The van der Waals surface area contributed by atoms with E-state index in [9.17, 15) is 0 Å². The zero-order valence-electron chi connectivity index (χ0n) is 12.1. The Kier molecular flexibility index (Phi) is 3.76. The summed E-state index contributed by atoms with van der Waals surface area (Å²) in [6.45, 7) is 17.2. The van der Waals surface area contributed by atoms with Gasteiger partial charge in [0.1, 0.15) is 0 Å². The second-order valence-corrected chi connectivity index (χ2v) is 7.55. The summed E-state index contributed by atoms with van der Waals surface area (Å²) in [6, 6.07) is 0. The Bertz CT molecular complexity index is 226. The predicted molar refractivity (Wildman–Crippen MR) is 71.5 cm³/mol. The third-order valence-corrected chi connectivity index (χ3v) is 4.57. The Hall–Kier alpha value is -0.0800. The molecule has 96 valence electrons. The van der Waals surface area contributed by atoms with Gasteiger partial charge >= 0.3 is 0 Å². The Labute approximate surface area is 102 Å². The van der Waals surface area contributed by atoms with Gasteiger partial charge in [-0.3, -0.25) is 0 Å². The van der Waals surface area contributed by atoms with Crippen LogP contribution < -0.4 is 5.73 Å². The summed E-state index contributed by atoms with van der Waals surface area (Å²) in [6.07, 6.45) is 2.63. The highest BCUT2D eigenvalue weighted by Gasteiger charge is 2.36. The van der Waals surface area contributed by atoms with E-state index in [0.717, 1.165) is 6.54 Å². The molecule has 1 aliphatic rings. The van der Waals surface area contributed by atoms with Gasteiger partial charge in [0, 0.05) is 12.1 Å². The third-order valence-electron chi connectivity index (χ3n) is 4.57. The Morgan fingerprint density at radius 1 is 1.06 bits per heavy atom. The molecule has 0 aromatic rings. The Balaban J connectivity index is 2.51. The van der Waals surface area contributed by atoms with E-state index in [0.29, 0.717) is 5.41 Å². The molecule has 2 nitrogen and oxygen atoms in total. The van der Waals surface area contributed by atoms with Crippen LogP contribution in [0.5, 0.6) is 0 Å².